The van der Waals surface area contributed by atoms with Crippen molar-refractivity contribution in [3.05, 3.63) is 11.6 Å². The molecule has 4 rings (SSSR count). The molecule has 3 saturated carbocycles. The van der Waals surface area contributed by atoms with Crippen LogP contribution in [0.4, 0.5) is 0 Å². The van der Waals surface area contributed by atoms with Crippen LogP contribution in [0.25, 0.3) is 0 Å². The molecule has 4 unspecified atom stereocenters. The average Bonchev–Trinajstić information content (AvgIpc) is 3.29. The number of esters is 1. The van der Waals surface area contributed by atoms with Crippen LogP contribution in [0.2, 0.25) is 0 Å². The number of carbonyl (C=O) groups excluding carboxylic acids is 2. The number of quaternary nitrogens is 1. The molecule has 0 aromatic heterocycles. The number of aliphatic hydroxyl groups excluding tert-OH is 1. The zero-order valence-corrected chi connectivity index (χ0v) is 28.8. The topological polar surface area (TPSA) is 75.6 Å². The van der Waals surface area contributed by atoms with Gasteiger partial charge in [-0.2, -0.15) is 0 Å². The van der Waals surface area contributed by atoms with E-state index in [0.29, 0.717) is 23.0 Å². The van der Waals surface area contributed by atoms with Crippen LogP contribution in [0.3, 0.4) is 0 Å². The molecule has 0 saturated heterocycles. The Balaban J connectivity index is 1.26. The van der Waals surface area contributed by atoms with Crippen LogP contribution in [0.5, 0.6) is 0 Å². The van der Waals surface area contributed by atoms with Crippen LogP contribution in [0, 0.1) is 46.3 Å². The number of likely N-dealkylation sites (N-methyl/N-ethyl adjacent to an activating group) is 1. The van der Waals surface area contributed by atoms with E-state index in [9.17, 15) is 9.59 Å². The number of hydrogen-bond donors (Lipinski definition) is 2. The highest BCUT2D eigenvalue weighted by molar-refractivity contribution is 5.81. The van der Waals surface area contributed by atoms with E-state index in [-0.39, 0.29) is 42.8 Å². The number of hydrogen-bond acceptors (Lipinski definition) is 4. The van der Waals surface area contributed by atoms with E-state index < -0.39 is 0 Å². The maximum atomic E-state index is 12.7. The van der Waals surface area contributed by atoms with Gasteiger partial charge in [0.05, 0.1) is 40.2 Å². The summed E-state index contributed by atoms with van der Waals surface area (Å²) in [4.78, 5) is 25.0. The molecule has 6 heteroatoms. The molecule has 0 aliphatic heterocycles. The van der Waals surface area contributed by atoms with Gasteiger partial charge < -0.3 is 19.6 Å². The molecule has 0 heterocycles. The van der Waals surface area contributed by atoms with E-state index in [1.807, 2.05) is 14.1 Å². The zero-order valence-electron chi connectivity index (χ0n) is 28.8. The second-order valence-electron chi connectivity index (χ2n) is 16.6. The number of carbonyl (C=O) groups is 2. The first kappa shape index (κ1) is 34.5. The van der Waals surface area contributed by atoms with Crippen LogP contribution in [-0.4, -0.2) is 67.9 Å². The maximum absolute atomic E-state index is 12.7. The van der Waals surface area contributed by atoms with E-state index >= 15 is 0 Å². The smallest absolute Gasteiger partial charge is 0.306 e. The minimum Gasteiger partial charge on any atom is -0.462 e. The molecule has 246 valence electrons. The predicted molar refractivity (Wildman–Crippen MR) is 174 cm³/mol. The third kappa shape index (κ3) is 8.07. The molecule has 4 aliphatic rings. The Morgan fingerprint density at radius 2 is 1.79 bits per heavy atom. The van der Waals surface area contributed by atoms with Crippen LogP contribution < -0.4 is 5.32 Å². The first-order chi connectivity index (χ1) is 20.3. The highest BCUT2D eigenvalue weighted by Crippen LogP contribution is 2.67. The molecule has 43 heavy (non-hydrogen) atoms. The van der Waals surface area contributed by atoms with Gasteiger partial charge in [-0.1, -0.05) is 65.5 Å². The summed E-state index contributed by atoms with van der Waals surface area (Å²) in [7, 11) is 4.06. The molecule has 0 aromatic carbocycles. The molecule has 8 atom stereocenters. The number of nitrogens with one attached hydrogen (secondary N) is 1. The van der Waals surface area contributed by atoms with Crippen molar-refractivity contribution in [3.8, 4) is 0 Å². The largest absolute Gasteiger partial charge is 0.462 e. The van der Waals surface area contributed by atoms with Gasteiger partial charge in [0.15, 0.2) is 0 Å². The van der Waals surface area contributed by atoms with Crippen molar-refractivity contribution in [2.75, 3.05) is 40.3 Å². The summed E-state index contributed by atoms with van der Waals surface area (Å²) in [5.74, 6) is 4.62. The number of amides is 1. The normalized spacial score (nSPS) is 34.5. The monoisotopic (exact) mass is 601 g/mol. The van der Waals surface area contributed by atoms with Crippen molar-refractivity contribution in [1.29, 1.82) is 0 Å². The van der Waals surface area contributed by atoms with Crippen molar-refractivity contribution in [3.63, 3.8) is 0 Å². The fourth-order valence-corrected chi connectivity index (χ4v) is 10.2. The lowest BCUT2D eigenvalue weighted by atomic mass is 9.47. The van der Waals surface area contributed by atoms with Gasteiger partial charge in [-0.15, -0.1) is 0 Å². The first-order valence-corrected chi connectivity index (χ1v) is 17.9. The van der Waals surface area contributed by atoms with Crippen molar-refractivity contribution in [2.24, 2.45) is 46.3 Å². The Bertz CT molecular complexity index is 991. The molecule has 3 fully saturated rings. The van der Waals surface area contributed by atoms with E-state index in [0.717, 1.165) is 61.3 Å². The summed E-state index contributed by atoms with van der Waals surface area (Å²) in [6, 6.07) is 0. The molecule has 0 bridgehead atoms. The van der Waals surface area contributed by atoms with Crippen molar-refractivity contribution < 1.29 is 23.9 Å². The number of aliphatic hydroxyl groups is 1. The summed E-state index contributed by atoms with van der Waals surface area (Å²) < 4.78 is 6.59. The fraction of sp³-hybridized carbons (Fsp3) is 0.892. The Kier molecular flexibility index (Phi) is 11.5. The van der Waals surface area contributed by atoms with Crippen LogP contribution in [-0.2, 0) is 14.3 Å². The molecule has 0 radical (unpaired) electrons. The molecule has 0 aromatic rings. The third-order valence-corrected chi connectivity index (χ3v) is 12.9. The van der Waals surface area contributed by atoms with Crippen molar-refractivity contribution in [2.45, 2.75) is 124 Å². The molecule has 2 N–H and O–H groups in total. The van der Waals surface area contributed by atoms with Crippen LogP contribution in [0.1, 0.15) is 118 Å². The molecular weight excluding hydrogens is 536 g/mol. The predicted octanol–water partition coefficient (Wildman–Crippen LogP) is 6.90. The second kappa shape index (κ2) is 14.4. The lowest BCUT2D eigenvalue weighted by molar-refractivity contribution is -0.889. The van der Waals surface area contributed by atoms with Gasteiger partial charge in [-0.3, -0.25) is 9.59 Å². The van der Waals surface area contributed by atoms with Crippen molar-refractivity contribution >= 4 is 11.9 Å². The summed E-state index contributed by atoms with van der Waals surface area (Å²) in [6.45, 7) is 14.5. The van der Waals surface area contributed by atoms with E-state index in [2.05, 4.69) is 46.0 Å². The molecule has 4 aliphatic carbocycles. The van der Waals surface area contributed by atoms with E-state index in [1.54, 1.807) is 5.57 Å². The number of fused-ring (bicyclic) bond motifs is 5. The second-order valence-corrected chi connectivity index (χ2v) is 16.6. The van der Waals surface area contributed by atoms with Gasteiger partial charge in [-0.05, 0) is 91.3 Å². The van der Waals surface area contributed by atoms with Gasteiger partial charge in [0.25, 0.3) is 0 Å². The van der Waals surface area contributed by atoms with Gasteiger partial charge >= 0.3 is 5.97 Å². The van der Waals surface area contributed by atoms with E-state index in [4.69, 9.17) is 9.84 Å². The molecule has 1 amide bonds. The lowest BCUT2D eigenvalue weighted by Crippen LogP contribution is -2.51. The number of nitrogens with zero attached hydrogens (tertiary/aromatic N) is 1. The fourth-order valence-electron chi connectivity index (χ4n) is 10.2. The lowest BCUT2D eigenvalue weighted by Gasteiger charge is -2.58. The molecule has 0 spiro atoms. The van der Waals surface area contributed by atoms with Gasteiger partial charge in [0.1, 0.15) is 12.6 Å². The zero-order chi connectivity index (χ0) is 31.4. The number of ether oxygens (including phenoxy) is 1. The summed E-state index contributed by atoms with van der Waals surface area (Å²) in [5.41, 5.74) is 2.30. The minimum atomic E-state index is -0.248. The van der Waals surface area contributed by atoms with Crippen LogP contribution >= 0.6 is 0 Å². The van der Waals surface area contributed by atoms with Gasteiger partial charge in [0, 0.05) is 12.8 Å². The quantitative estimate of drug-likeness (QED) is 0.129. The Morgan fingerprint density at radius 3 is 2.51 bits per heavy atom. The summed E-state index contributed by atoms with van der Waals surface area (Å²) in [6.07, 6.45) is 16.7. The highest BCUT2D eigenvalue weighted by atomic mass is 16.5. The van der Waals surface area contributed by atoms with Gasteiger partial charge in [-0.25, -0.2) is 0 Å². The number of rotatable bonds is 14. The van der Waals surface area contributed by atoms with Crippen LogP contribution in [0.15, 0.2) is 11.6 Å². The molecule has 6 nitrogen and oxygen atoms in total. The van der Waals surface area contributed by atoms with Crippen molar-refractivity contribution in [1.82, 2.24) is 5.32 Å². The Morgan fingerprint density at radius 1 is 1.02 bits per heavy atom. The Hall–Kier alpha value is -1.40. The highest BCUT2D eigenvalue weighted by Gasteiger charge is 2.59. The minimum absolute atomic E-state index is 0.0561. The third-order valence-electron chi connectivity index (χ3n) is 12.9. The maximum Gasteiger partial charge on any atom is 0.306 e. The standard InChI is InChI=1S/C37H64N2O4/c1-26(2)9-8-10-27(3)31-13-14-32-30-12-11-28-25-29(17-19-36(28,4)33(30)18-20-37(31,32)5)43-35(42)16-15-34(41)38-21-22-39(6,7)23-24-40/h11,26-27,29-33,40H,8-10,12-25H2,1-7H3/p+1/t27-,29+,30?,31?,32?,33?,36+,37-/m1/s1. The summed E-state index contributed by atoms with van der Waals surface area (Å²) >= 11 is 0. The summed E-state index contributed by atoms with van der Waals surface area (Å²) in [5, 5.41) is 12.1. The van der Waals surface area contributed by atoms with Gasteiger partial charge in [0.2, 0.25) is 5.91 Å². The SMILES string of the molecule is CC(C)CCC[C@@H](C)C1CCC2C3CC=C4C[C@@H](OC(=O)CCC(=O)NCC[N+](C)(C)CCO)CC[C@]4(C)C3CC[C@@]21C. The molecular formula is C37H65N2O4+. The average molecular weight is 602 g/mol. The van der Waals surface area contributed by atoms with E-state index in [1.165, 1.54) is 51.4 Å². The number of allylic oxidation sites excluding steroid dienone is 1. The first-order valence-electron chi connectivity index (χ1n) is 17.9. The Labute approximate surface area is 263 Å².